The van der Waals surface area contributed by atoms with Crippen molar-refractivity contribution in [3.63, 3.8) is 0 Å². The van der Waals surface area contributed by atoms with E-state index < -0.39 is 0 Å². The third-order valence-electron chi connectivity index (χ3n) is 4.04. The van der Waals surface area contributed by atoms with Crippen LogP contribution >= 0.6 is 0 Å². The molecule has 1 heterocycles. The van der Waals surface area contributed by atoms with Crippen LogP contribution in [0.3, 0.4) is 0 Å². The van der Waals surface area contributed by atoms with Gasteiger partial charge >= 0.3 is 0 Å². The molecule has 0 spiro atoms. The Labute approximate surface area is 114 Å². The van der Waals surface area contributed by atoms with E-state index in [0.717, 1.165) is 11.7 Å². The van der Waals surface area contributed by atoms with E-state index in [2.05, 4.69) is 29.0 Å². The number of pyridine rings is 1. The maximum absolute atomic E-state index is 8.72. The van der Waals surface area contributed by atoms with Crippen molar-refractivity contribution in [2.75, 3.05) is 11.9 Å². The second kappa shape index (κ2) is 5.91. The van der Waals surface area contributed by atoms with Gasteiger partial charge in [-0.25, -0.2) is 4.98 Å². The van der Waals surface area contributed by atoms with Crippen molar-refractivity contribution in [3.05, 3.63) is 23.9 Å². The predicted molar refractivity (Wildman–Crippen MR) is 76.6 cm³/mol. The highest BCUT2D eigenvalue weighted by atomic mass is 16.4. The summed E-state index contributed by atoms with van der Waals surface area (Å²) in [5, 5.41) is 11.8. The lowest BCUT2D eigenvalue weighted by Crippen LogP contribution is -2.35. The number of rotatable bonds is 3. The minimum atomic E-state index is 0.120. The Balaban J connectivity index is 2.13. The van der Waals surface area contributed by atoms with E-state index >= 15 is 0 Å². The first-order valence-electron chi connectivity index (χ1n) is 6.78. The highest BCUT2D eigenvalue weighted by molar-refractivity contribution is 5.97. The number of nitrogens with two attached hydrogens (primary N) is 1. The van der Waals surface area contributed by atoms with Crippen LogP contribution in [0.4, 0.5) is 5.82 Å². The first-order valence-corrected chi connectivity index (χ1v) is 6.78. The molecule has 1 fully saturated rings. The van der Waals surface area contributed by atoms with E-state index in [-0.39, 0.29) is 5.84 Å². The molecule has 0 bridgehead atoms. The third kappa shape index (κ3) is 3.16. The smallest absolute Gasteiger partial charge is 0.170 e. The maximum Gasteiger partial charge on any atom is 0.170 e. The Morgan fingerprint density at radius 2 is 2.11 bits per heavy atom. The van der Waals surface area contributed by atoms with Crippen LogP contribution in [0, 0.1) is 5.92 Å². The third-order valence-corrected chi connectivity index (χ3v) is 4.04. The van der Waals surface area contributed by atoms with Crippen LogP contribution in [0.25, 0.3) is 0 Å². The number of anilines is 1. The second-order valence-corrected chi connectivity index (χ2v) is 5.41. The molecule has 0 saturated heterocycles. The summed E-state index contributed by atoms with van der Waals surface area (Å²) in [7, 11) is 2.07. The standard InChI is InChI=1S/C14H22N4O/c1-10-3-5-12(6-4-10)18(2)13-9-11(7-8-16-13)14(15)17-19/h7-10,12,19H,3-6H2,1-2H3,(H2,15,17). The number of oxime groups is 1. The molecule has 1 aliphatic carbocycles. The van der Waals surface area contributed by atoms with Crippen LogP contribution in [-0.2, 0) is 0 Å². The summed E-state index contributed by atoms with van der Waals surface area (Å²) in [5.74, 6) is 1.83. The minimum Gasteiger partial charge on any atom is -0.409 e. The van der Waals surface area contributed by atoms with E-state index in [4.69, 9.17) is 10.9 Å². The normalized spacial score (nSPS) is 24.2. The summed E-state index contributed by atoms with van der Waals surface area (Å²) >= 11 is 0. The minimum absolute atomic E-state index is 0.120. The van der Waals surface area contributed by atoms with Crippen molar-refractivity contribution >= 4 is 11.7 Å². The van der Waals surface area contributed by atoms with Gasteiger partial charge in [-0.05, 0) is 43.7 Å². The summed E-state index contributed by atoms with van der Waals surface area (Å²) in [6, 6.07) is 4.15. The van der Waals surface area contributed by atoms with Gasteiger partial charge in [0.1, 0.15) is 5.82 Å². The average molecular weight is 262 g/mol. The molecular formula is C14H22N4O. The highest BCUT2D eigenvalue weighted by Gasteiger charge is 2.22. The Kier molecular flexibility index (Phi) is 4.24. The zero-order valence-electron chi connectivity index (χ0n) is 11.6. The Bertz CT molecular complexity index is 453. The van der Waals surface area contributed by atoms with Crippen LogP contribution in [0.2, 0.25) is 0 Å². The maximum atomic E-state index is 8.72. The SMILES string of the molecule is CC1CCC(N(C)c2cc(C(N)=NO)ccn2)CC1. The van der Waals surface area contributed by atoms with Crippen LogP contribution < -0.4 is 10.6 Å². The van der Waals surface area contributed by atoms with Crippen LogP contribution in [0.15, 0.2) is 23.5 Å². The molecule has 3 N–H and O–H groups in total. The molecule has 0 radical (unpaired) electrons. The summed E-state index contributed by atoms with van der Waals surface area (Å²) < 4.78 is 0. The lowest BCUT2D eigenvalue weighted by atomic mass is 9.87. The van der Waals surface area contributed by atoms with Gasteiger partial charge in [-0.15, -0.1) is 0 Å². The van der Waals surface area contributed by atoms with E-state index in [0.29, 0.717) is 11.6 Å². The summed E-state index contributed by atoms with van der Waals surface area (Å²) in [5.41, 5.74) is 6.31. The summed E-state index contributed by atoms with van der Waals surface area (Å²) in [6.07, 6.45) is 6.65. The lowest BCUT2D eigenvalue weighted by molar-refractivity contribution is 0.318. The molecule has 19 heavy (non-hydrogen) atoms. The van der Waals surface area contributed by atoms with Gasteiger partial charge in [0.25, 0.3) is 0 Å². The molecule has 2 rings (SSSR count). The molecule has 5 heteroatoms. The fourth-order valence-corrected chi connectivity index (χ4v) is 2.65. The molecule has 1 aromatic heterocycles. The molecule has 1 aliphatic rings. The first-order chi connectivity index (χ1) is 9.11. The van der Waals surface area contributed by atoms with E-state index in [1.54, 1.807) is 12.3 Å². The quantitative estimate of drug-likeness (QED) is 0.379. The monoisotopic (exact) mass is 262 g/mol. The molecule has 1 saturated carbocycles. The van der Waals surface area contributed by atoms with Crippen molar-refractivity contribution in [2.45, 2.75) is 38.6 Å². The Morgan fingerprint density at radius 3 is 2.74 bits per heavy atom. The van der Waals surface area contributed by atoms with Crippen molar-refractivity contribution in [3.8, 4) is 0 Å². The van der Waals surface area contributed by atoms with Gasteiger partial charge in [-0.2, -0.15) is 0 Å². The average Bonchev–Trinajstić information content (AvgIpc) is 2.46. The topological polar surface area (TPSA) is 74.7 Å². The van der Waals surface area contributed by atoms with Gasteiger partial charge in [0.05, 0.1) is 0 Å². The van der Waals surface area contributed by atoms with Crippen LogP contribution in [0.1, 0.15) is 38.2 Å². The van der Waals surface area contributed by atoms with Crippen LogP contribution in [0.5, 0.6) is 0 Å². The van der Waals surface area contributed by atoms with Gasteiger partial charge in [0.15, 0.2) is 5.84 Å². The second-order valence-electron chi connectivity index (χ2n) is 5.41. The number of hydrogen-bond donors (Lipinski definition) is 2. The fourth-order valence-electron chi connectivity index (χ4n) is 2.65. The lowest BCUT2D eigenvalue weighted by Gasteiger charge is -2.34. The molecule has 0 aromatic carbocycles. The number of aromatic nitrogens is 1. The van der Waals surface area contributed by atoms with Gasteiger partial charge in [-0.3, -0.25) is 0 Å². The van der Waals surface area contributed by atoms with Gasteiger partial charge in [0, 0.05) is 24.8 Å². The number of nitrogens with zero attached hydrogens (tertiary/aromatic N) is 3. The number of amidine groups is 1. The molecule has 0 aliphatic heterocycles. The molecule has 104 valence electrons. The molecule has 1 aromatic rings. The molecule has 0 unspecified atom stereocenters. The van der Waals surface area contributed by atoms with Crippen LogP contribution in [-0.4, -0.2) is 29.1 Å². The number of hydrogen-bond acceptors (Lipinski definition) is 4. The van der Waals surface area contributed by atoms with Crippen molar-refractivity contribution < 1.29 is 5.21 Å². The van der Waals surface area contributed by atoms with Gasteiger partial charge in [0.2, 0.25) is 0 Å². The summed E-state index contributed by atoms with van der Waals surface area (Å²) in [4.78, 5) is 6.59. The predicted octanol–water partition coefficient (Wildman–Crippen LogP) is 2.19. The molecular weight excluding hydrogens is 240 g/mol. The fraction of sp³-hybridized carbons (Fsp3) is 0.571. The van der Waals surface area contributed by atoms with Crippen molar-refractivity contribution in [1.82, 2.24) is 4.98 Å². The van der Waals surface area contributed by atoms with Gasteiger partial charge in [-0.1, -0.05) is 12.1 Å². The van der Waals surface area contributed by atoms with E-state index in [9.17, 15) is 0 Å². The summed E-state index contributed by atoms with van der Waals surface area (Å²) in [6.45, 7) is 2.31. The zero-order valence-corrected chi connectivity index (χ0v) is 11.6. The molecule has 0 amide bonds. The largest absolute Gasteiger partial charge is 0.409 e. The first kappa shape index (κ1) is 13.6. The van der Waals surface area contributed by atoms with E-state index in [1.165, 1.54) is 25.7 Å². The Morgan fingerprint density at radius 1 is 1.42 bits per heavy atom. The van der Waals surface area contributed by atoms with Crippen molar-refractivity contribution in [1.29, 1.82) is 0 Å². The van der Waals surface area contributed by atoms with Gasteiger partial charge < -0.3 is 15.8 Å². The zero-order chi connectivity index (χ0) is 13.8. The highest BCUT2D eigenvalue weighted by Crippen LogP contribution is 2.28. The molecule has 0 atom stereocenters. The van der Waals surface area contributed by atoms with Crippen molar-refractivity contribution in [2.24, 2.45) is 16.8 Å². The Hall–Kier alpha value is -1.78. The molecule has 5 nitrogen and oxygen atoms in total. The van der Waals surface area contributed by atoms with E-state index in [1.807, 2.05) is 6.07 Å².